The van der Waals surface area contributed by atoms with Crippen molar-refractivity contribution >= 4 is 13.7 Å². The van der Waals surface area contributed by atoms with Crippen LogP contribution < -0.4 is 5.32 Å². The lowest BCUT2D eigenvalue weighted by Crippen LogP contribution is -2.45. The molecule has 73 heavy (non-hydrogen) atoms. The van der Waals surface area contributed by atoms with Gasteiger partial charge in [-0.3, -0.25) is 13.8 Å². The van der Waals surface area contributed by atoms with E-state index in [-0.39, 0.29) is 19.1 Å². The zero-order chi connectivity index (χ0) is 53.5. The molecule has 8 nitrogen and oxygen atoms in total. The predicted molar refractivity (Wildman–Crippen MR) is 318 cm³/mol. The van der Waals surface area contributed by atoms with Gasteiger partial charge in [0, 0.05) is 6.42 Å². The number of amides is 1. The first kappa shape index (κ1) is 71.7. The van der Waals surface area contributed by atoms with Gasteiger partial charge in [-0.25, -0.2) is 4.57 Å². The van der Waals surface area contributed by atoms with Gasteiger partial charge in [0.2, 0.25) is 5.91 Å². The molecule has 0 saturated carbocycles. The van der Waals surface area contributed by atoms with E-state index >= 15 is 0 Å². The van der Waals surface area contributed by atoms with Crippen molar-refractivity contribution in [2.75, 3.05) is 40.9 Å². The first-order valence-electron chi connectivity index (χ1n) is 31.9. The molecule has 0 heterocycles. The van der Waals surface area contributed by atoms with Crippen molar-refractivity contribution in [3.8, 4) is 0 Å². The van der Waals surface area contributed by atoms with Crippen molar-refractivity contribution in [1.82, 2.24) is 5.32 Å². The van der Waals surface area contributed by atoms with Crippen LogP contribution in [0, 0.1) is 0 Å². The van der Waals surface area contributed by atoms with E-state index in [1.807, 2.05) is 27.2 Å². The second kappa shape index (κ2) is 55.5. The van der Waals surface area contributed by atoms with Crippen molar-refractivity contribution in [2.45, 2.75) is 328 Å². The number of nitrogens with zero attached hydrogens (tertiary/aromatic N) is 1. The van der Waals surface area contributed by atoms with Crippen LogP contribution in [0.3, 0.4) is 0 Å². The summed E-state index contributed by atoms with van der Waals surface area (Å²) >= 11 is 0. The van der Waals surface area contributed by atoms with Gasteiger partial charge >= 0.3 is 7.82 Å². The maximum atomic E-state index is 13.0. The van der Waals surface area contributed by atoms with E-state index in [0.717, 1.165) is 44.9 Å². The Morgan fingerprint density at radius 3 is 1.12 bits per heavy atom. The first-order valence-corrected chi connectivity index (χ1v) is 33.4. The third kappa shape index (κ3) is 58.2. The van der Waals surface area contributed by atoms with E-state index in [1.165, 1.54) is 250 Å². The summed E-state index contributed by atoms with van der Waals surface area (Å²) in [6.07, 6.45) is 72.7. The Bertz CT molecular complexity index is 1280. The number of carbonyl (C=O) groups is 1. The Balaban J connectivity index is 4.11. The zero-order valence-electron chi connectivity index (χ0n) is 49.4. The maximum Gasteiger partial charge on any atom is 0.472 e. The molecule has 0 aromatic rings. The molecular formula is C64H126N2O6P+. The van der Waals surface area contributed by atoms with Gasteiger partial charge in [-0.1, -0.05) is 294 Å². The van der Waals surface area contributed by atoms with Gasteiger partial charge < -0.3 is 19.8 Å². The number of nitrogens with one attached hydrogen (secondary N) is 1. The Labute approximate surface area is 455 Å². The smallest absolute Gasteiger partial charge is 0.387 e. The summed E-state index contributed by atoms with van der Waals surface area (Å²) in [5.41, 5.74) is 0. The van der Waals surface area contributed by atoms with E-state index in [0.29, 0.717) is 17.4 Å². The molecule has 9 heteroatoms. The fourth-order valence-corrected chi connectivity index (χ4v) is 10.3. The number of aliphatic hydroxyl groups is 1. The van der Waals surface area contributed by atoms with Crippen LogP contribution in [0.2, 0.25) is 0 Å². The number of phosphoric ester groups is 1. The summed E-state index contributed by atoms with van der Waals surface area (Å²) in [4.78, 5) is 23.3. The monoisotopic (exact) mass is 1050 g/mol. The van der Waals surface area contributed by atoms with Gasteiger partial charge in [0.05, 0.1) is 39.9 Å². The predicted octanol–water partition coefficient (Wildman–Crippen LogP) is 19.7. The maximum absolute atomic E-state index is 13.0. The molecule has 3 atom stereocenters. The summed E-state index contributed by atoms with van der Waals surface area (Å²) in [6.45, 7) is 4.84. The van der Waals surface area contributed by atoms with E-state index in [9.17, 15) is 19.4 Å². The highest BCUT2D eigenvalue weighted by molar-refractivity contribution is 7.47. The van der Waals surface area contributed by atoms with Crippen molar-refractivity contribution in [3.05, 3.63) is 36.5 Å². The molecule has 3 N–H and O–H groups in total. The first-order chi connectivity index (χ1) is 35.5. The highest BCUT2D eigenvalue weighted by atomic mass is 31.2. The van der Waals surface area contributed by atoms with E-state index in [4.69, 9.17) is 9.05 Å². The summed E-state index contributed by atoms with van der Waals surface area (Å²) in [5, 5.41) is 14.0. The van der Waals surface area contributed by atoms with Crippen LogP contribution in [-0.4, -0.2) is 73.4 Å². The Hall–Kier alpha value is -1.28. The highest BCUT2D eigenvalue weighted by Gasteiger charge is 2.28. The molecule has 0 aliphatic rings. The quantitative estimate of drug-likeness (QED) is 0.0243. The molecule has 0 bridgehead atoms. The lowest BCUT2D eigenvalue weighted by molar-refractivity contribution is -0.870. The Kier molecular flexibility index (Phi) is 54.5. The normalized spacial score (nSPS) is 14.0. The van der Waals surface area contributed by atoms with Gasteiger partial charge in [0.15, 0.2) is 0 Å². The van der Waals surface area contributed by atoms with E-state index < -0.39 is 20.0 Å². The van der Waals surface area contributed by atoms with Crippen LogP contribution in [0.4, 0.5) is 0 Å². The van der Waals surface area contributed by atoms with Gasteiger partial charge in [0.25, 0.3) is 0 Å². The number of unbranched alkanes of at least 4 members (excludes halogenated alkanes) is 42. The van der Waals surface area contributed by atoms with Crippen molar-refractivity contribution in [2.24, 2.45) is 0 Å². The van der Waals surface area contributed by atoms with Crippen molar-refractivity contribution in [1.29, 1.82) is 0 Å². The second-order valence-corrected chi connectivity index (χ2v) is 24.6. The average molecular weight is 1050 g/mol. The van der Waals surface area contributed by atoms with Gasteiger partial charge in [-0.15, -0.1) is 0 Å². The average Bonchev–Trinajstić information content (AvgIpc) is 3.35. The molecule has 0 radical (unpaired) electrons. The topological polar surface area (TPSA) is 105 Å². The summed E-state index contributed by atoms with van der Waals surface area (Å²) < 4.78 is 23.8. The third-order valence-electron chi connectivity index (χ3n) is 14.6. The summed E-state index contributed by atoms with van der Waals surface area (Å²) in [5.74, 6) is -0.177. The van der Waals surface area contributed by atoms with Gasteiger partial charge in [-0.05, 0) is 51.4 Å². The zero-order valence-corrected chi connectivity index (χ0v) is 50.3. The van der Waals surface area contributed by atoms with Crippen molar-refractivity contribution < 1.29 is 32.9 Å². The molecule has 1 amide bonds. The van der Waals surface area contributed by atoms with E-state index in [1.54, 1.807) is 6.08 Å². The standard InChI is InChI=1S/C64H125N2O6P/c1-6-8-10-12-14-16-18-20-22-24-26-28-29-30-31-32-33-34-35-36-38-39-41-43-45-47-49-51-53-55-57-63(67)62(61-72-73(69,70)71-60-59-66(3,4)5)65-64(68)58-56-54-52-50-48-46-44-42-40-37-27-25-23-21-19-17-15-13-11-9-7-2/h19,21,25,27,55,57,62-63,67H,6-18,20,22-24,26,28-54,56,58-61H2,1-5H3,(H-,65,68,69,70)/p+1/b21-19-,27-25-,57-55+. The number of likely N-dealkylation sites (N-methyl/N-ethyl adjacent to an activating group) is 1. The number of hydrogen-bond donors (Lipinski definition) is 3. The van der Waals surface area contributed by atoms with Crippen LogP contribution in [-0.2, 0) is 18.4 Å². The third-order valence-corrected chi connectivity index (χ3v) is 15.6. The fourth-order valence-electron chi connectivity index (χ4n) is 9.61. The lowest BCUT2D eigenvalue weighted by Gasteiger charge is -2.25. The Morgan fingerprint density at radius 2 is 0.781 bits per heavy atom. The second-order valence-electron chi connectivity index (χ2n) is 23.1. The minimum atomic E-state index is -4.35. The molecule has 0 rings (SSSR count). The number of aliphatic hydroxyl groups excluding tert-OH is 1. The lowest BCUT2D eigenvalue weighted by atomic mass is 10.0. The van der Waals surface area contributed by atoms with Gasteiger partial charge in [-0.2, -0.15) is 0 Å². The molecule has 432 valence electrons. The van der Waals surface area contributed by atoms with Crippen LogP contribution in [0.15, 0.2) is 36.5 Å². The summed E-state index contributed by atoms with van der Waals surface area (Å²) in [6, 6.07) is -0.850. The Morgan fingerprint density at radius 1 is 0.466 bits per heavy atom. The van der Waals surface area contributed by atoms with Crippen LogP contribution >= 0.6 is 7.82 Å². The number of quaternary nitrogens is 1. The number of hydrogen-bond acceptors (Lipinski definition) is 5. The number of phosphoric acid groups is 1. The fraction of sp³-hybridized carbons (Fsp3) is 0.891. The number of allylic oxidation sites excluding steroid dienone is 5. The highest BCUT2D eigenvalue weighted by Crippen LogP contribution is 2.43. The van der Waals surface area contributed by atoms with Crippen LogP contribution in [0.25, 0.3) is 0 Å². The molecule has 3 unspecified atom stereocenters. The molecular weight excluding hydrogens is 924 g/mol. The largest absolute Gasteiger partial charge is 0.472 e. The number of carbonyl (C=O) groups excluding carboxylic acids is 1. The molecule has 0 aliphatic heterocycles. The minimum absolute atomic E-state index is 0.0612. The van der Waals surface area contributed by atoms with Crippen LogP contribution in [0.1, 0.15) is 316 Å². The van der Waals surface area contributed by atoms with Gasteiger partial charge in [0.1, 0.15) is 13.2 Å². The minimum Gasteiger partial charge on any atom is -0.387 e. The van der Waals surface area contributed by atoms with Crippen molar-refractivity contribution in [3.63, 3.8) is 0 Å². The molecule has 0 aromatic heterocycles. The molecule has 0 fully saturated rings. The van der Waals surface area contributed by atoms with Crippen LogP contribution in [0.5, 0.6) is 0 Å². The molecule has 0 spiro atoms. The van der Waals surface area contributed by atoms with E-state index in [2.05, 4.69) is 43.5 Å². The SMILES string of the molecule is CCCCCCC/C=C\C/C=C\CCCCCCCCCCCC(=O)NC(COP(=O)(O)OCC[N+](C)(C)C)C(O)/C=C/CCCCCCCCCCCCCCCCCCCCCCCCCCCCCC. The molecule has 0 saturated heterocycles. The molecule has 0 aromatic carbocycles. The number of rotatable bonds is 59. The summed E-state index contributed by atoms with van der Waals surface area (Å²) in [7, 11) is 1.58. The molecule has 0 aliphatic carbocycles.